The highest BCUT2D eigenvalue weighted by Gasteiger charge is 2.17. The molecule has 0 bridgehead atoms. The molecule has 0 amide bonds. The smallest absolute Gasteiger partial charge is 0.0651 e. The van der Waals surface area contributed by atoms with Crippen molar-refractivity contribution < 1.29 is 0 Å². The Hall–Kier alpha value is -0.640. The second kappa shape index (κ2) is 5.16. The minimum Gasteiger partial charge on any atom is -0.320 e. The molecule has 1 unspecified atom stereocenters. The maximum Gasteiger partial charge on any atom is 0.0651 e. The van der Waals surface area contributed by atoms with E-state index in [2.05, 4.69) is 61.8 Å². The number of hydrogen-bond acceptors (Lipinski definition) is 2. The van der Waals surface area contributed by atoms with Crippen molar-refractivity contribution in [3.05, 3.63) is 54.7 Å². The summed E-state index contributed by atoms with van der Waals surface area (Å²) in [6.45, 7) is 8.52. The number of benzene rings is 1. The van der Waals surface area contributed by atoms with E-state index in [4.69, 9.17) is 5.73 Å². The van der Waals surface area contributed by atoms with Crippen molar-refractivity contribution in [1.29, 1.82) is 0 Å². The van der Waals surface area contributed by atoms with Crippen molar-refractivity contribution in [2.45, 2.75) is 33.7 Å². The Morgan fingerprint density at radius 2 is 1.61 bits per heavy atom. The molecule has 1 aromatic heterocycles. The van der Waals surface area contributed by atoms with Crippen molar-refractivity contribution in [3.63, 3.8) is 0 Å². The normalized spacial score (nSPS) is 12.8. The van der Waals surface area contributed by atoms with Crippen LogP contribution in [0.1, 0.15) is 38.0 Å². The van der Waals surface area contributed by atoms with Gasteiger partial charge in [-0.2, -0.15) is 0 Å². The van der Waals surface area contributed by atoms with Gasteiger partial charge in [-0.3, -0.25) is 0 Å². The van der Waals surface area contributed by atoms with Gasteiger partial charge in [-0.05, 0) is 66.4 Å². The maximum absolute atomic E-state index is 6.44. The fourth-order valence-corrected chi connectivity index (χ4v) is 4.03. The molecule has 18 heavy (non-hydrogen) atoms. The molecule has 0 spiro atoms. The molecule has 1 heterocycles. The van der Waals surface area contributed by atoms with E-state index < -0.39 is 0 Å². The van der Waals surface area contributed by atoms with Crippen LogP contribution in [-0.2, 0) is 0 Å². The SMILES string of the molecule is Cc1cc(C)c(C(N)c2cc(Br)c(C)s2)c(C)c1. The molecule has 96 valence electrons. The predicted octanol–water partition coefficient (Wildman–Crippen LogP) is 4.79. The molecule has 0 aliphatic carbocycles. The number of nitrogens with two attached hydrogens (primary N) is 1. The largest absolute Gasteiger partial charge is 0.320 e. The van der Waals surface area contributed by atoms with Crippen LogP contribution < -0.4 is 5.73 Å². The molecule has 0 aliphatic heterocycles. The van der Waals surface area contributed by atoms with E-state index in [1.54, 1.807) is 11.3 Å². The van der Waals surface area contributed by atoms with Crippen LogP contribution in [0.4, 0.5) is 0 Å². The zero-order valence-corrected chi connectivity index (χ0v) is 13.6. The number of halogens is 1. The zero-order chi connectivity index (χ0) is 13.4. The Kier molecular flexibility index (Phi) is 3.95. The topological polar surface area (TPSA) is 26.0 Å². The van der Waals surface area contributed by atoms with E-state index in [0.29, 0.717) is 0 Å². The molecule has 1 aromatic carbocycles. The van der Waals surface area contributed by atoms with Crippen molar-refractivity contribution in [1.82, 2.24) is 0 Å². The molecule has 1 atom stereocenters. The lowest BCUT2D eigenvalue weighted by molar-refractivity contribution is 0.869. The highest BCUT2D eigenvalue weighted by atomic mass is 79.9. The van der Waals surface area contributed by atoms with Gasteiger partial charge in [0.15, 0.2) is 0 Å². The van der Waals surface area contributed by atoms with Gasteiger partial charge in [0.25, 0.3) is 0 Å². The van der Waals surface area contributed by atoms with Gasteiger partial charge < -0.3 is 5.73 Å². The lowest BCUT2D eigenvalue weighted by Gasteiger charge is -2.17. The second-order valence-electron chi connectivity index (χ2n) is 4.84. The third-order valence-corrected chi connectivity index (χ3v) is 5.45. The van der Waals surface area contributed by atoms with E-state index in [0.717, 1.165) is 4.47 Å². The van der Waals surface area contributed by atoms with Crippen molar-refractivity contribution in [3.8, 4) is 0 Å². The first kappa shape index (κ1) is 13.8. The summed E-state index contributed by atoms with van der Waals surface area (Å²) in [4.78, 5) is 2.50. The van der Waals surface area contributed by atoms with Gasteiger partial charge in [0, 0.05) is 14.2 Å². The maximum atomic E-state index is 6.44. The van der Waals surface area contributed by atoms with Gasteiger partial charge in [-0.1, -0.05) is 17.7 Å². The quantitative estimate of drug-likeness (QED) is 0.844. The third-order valence-electron chi connectivity index (χ3n) is 3.23. The summed E-state index contributed by atoms with van der Waals surface area (Å²) in [6.07, 6.45) is 0. The van der Waals surface area contributed by atoms with Crippen LogP contribution in [0, 0.1) is 27.7 Å². The van der Waals surface area contributed by atoms with Crippen molar-refractivity contribution >= 4 is 27.3 Å². The molecule has 2 aromatic rings. The number of aryl methyl sites for hydroxylation is 4. The van der Waals surface area contributed by atoms with Crippen LogP contribution in [0.2, 0.25) is 0 Å². The second-order valence-corrected chi connectivity index (χ2v) is 6.99. The van der Waals surface area contributed by atoms with Gasteiger partial charge in [0.05, 0.1) is 6.04 Å². The molecule has 0 saturated carbocycles. The average Bonchev–Trinajstić information content (AvgIpc) is 2.57. The minimum absolute atomic E-state index is 0.0272. The lowest BCUT2D eigenvalue weighted by atomic mass is 9.94. The van der Waals surface area contributed by atoms with Gasteiger partial charge >= 0.3 is 0 Å². The van der Waals surface area contributed by atoms with Crippen LogP contribution in [0.15, 0.2) is 22.7 Å². The number of thiophene rings is 1. The molecule has 0 aliphatic rings. The van der Waals surface area contributed by atoms with Crippen LogP contribution in [0.25, 0.3) is 0 Å². The molecular weight excluding hydrogens is 306 g/mol. The summed E-state index contributed by atoms with van der Waals surface area (Å²) < 4.78 is 1.15. The first-order valence-electron chi connectivity index (χ1n) is 5.99. The highest BCUT2D eigenvalue weighted by Crippen LogP contribution is 2.34. The minimum atomic E-state index is -0.0272. The molecule has 0 fully saturated rings. The van der Waals surface area contributed by atoms with Crippen LogP contribution >= 0.6 is 27.3 Å². The average molecular weight is 324 g/mol. The Labute approximate surface area is 121 Å². The summed E-state index contributed by atoms with van der Waals surface area (Å²) in [5.41, 5.74) is 11.6. The van der Waals surface area contributed by atoms with Crippen LogP contribution in [0.5, 0.6) is 0 Å². The fourth-order valence-electron chi connectivity index (χ4n) is 2.46. The van der Waals surface area contributed by atoms with Crippen molar-refractivity contribution in [2.75, 3.05) is 0 Å². The van der Waals surface area contributed by atoms with E-state index >= 15 is 0 Å². The Morgan fingerprint density at radius 1 is 1.06 bits per heavy atom. The van der Waals surface area contributed by atoms with Crippen LogP contribution in [0.3, 0.4) is 0 Å². The van der Waals surface area contributed by atoms with E-state index in [9.17, 15) is 0 Å². The highest BCUT2D eigenvalue weighted by molar-refractivity contribution is 9.10. The molecule has 3 heteroatoms. The summed E-state index contributed by atoms with van der Waals surface area (Å²) in [6, 6.07) is 6.53. The van der Waals surface area contributed by atoms with E-state index in [1.807, 2.05) is 0 Å². The molecule has 2 N–H and O–H groups in total. The first-order valence-corrected chi connectivity index (χ1v) is 7.60. The van der Waals surface area contributed by atoms with E-state index in [-0.39, 0.29) is 6.04 Å². The standard InChI is InChI=1S/C15H18BrNS/c1-8-5-9(2)14(10(3)6-8)15(17)13-7-12(16)11(4)18-13/h5-7,15H,17H2,1-4H3. The fraction of sp³-hybridized carbons (Fsp3) is 0.333. The van der Waals surface area contributed by atoms with E-state index in [1.165, 1.54) is 32.0 Å². The van der Waals surface area contributed by atoms with Gasteiger partial charge in [-0.15, -0.1) is 11.3 Å². The molecule has 0 radical (unpaired) electrons. The zero-order valence-electron chi connectivity index (χ0n) is 11.2. The first-order chi connectivity index (χ1) is 8.40. The molecule has 0 saturated heterocycles. The summed E-state index contributed by atoms with van der Waals surface area (Å²) in [5, 5.41) is 0. The molecule has 2 rings (SSSR count). The van der Waals surface area contributed by atoms with Crippen LogP contribution in [-0.4, -0.2) is 0 Å². The number of hydrogen-bond donors (Lipinski definition) is 1. The van der Waals surface area contributed by atoms with Crippen molar-refractivity contribution in [2.24, 2.45) is 5.73 Å². The molecule has 1 nitrogen and oxygen atoms in total. The summed E-state index contributed by atoms with van der Waals surface area (Å²) in [5.74, 6) is 0. The predicted molar refractivity (Wildman–Crippen MR) is 83.4 cm³/mol. The lowest BCUT2D eigenvalue weighted by Crippen LogP contribution is -2.13. The van der Waals surface area contributed by atoms with Gasteiger partial charge in [0.1, 0.15) is 0 Å². The van der Waals surface area contributed by atoms with Gasteiger partial charge in [0.2, 0.25) is 0 Å². The molecular formula is C15H18BrNS. The Bertz CT molecular complexity index is 544. The Balaban J connectivity index is 2.49. The summed E-state index contributed by atoms with van der Waals surface area (Å²) >= 11 is 5.33. The third kappa shape index (κ3) is 2.53. The Morgan fingerprint density at radius 3 is 2.06 bits per heavy atom. The summed E-state index contributed by atoms with van der Waals surface area (Å²) in [7, 11) is 0. The van der Waals surface area contributed by atoms with Gasteiger partial charge in [-0.25, -0.2) is 0 Å². The number of rotatable bonds is 2. The monoisotopic (exact) mass is 323 g/mol.